The van der Waals surface area contributed by atoms with Crippen molar-refractivity contribution in [3.63, 3.8) is 0 Å². The predicted octanol–water partition coefficient (Wildman–Crippen LogP) is 5.48. The normalized spacial score (nSPS) is 10.3. The van der Waals surface area contributed by atoms with Crippen molar-refractivity contribution in [1.82, 2.24) is 5.32 Å². The minimum Gasteiger partial charge on any atom is -0.496 e. The van der Waals surface area contributed by atoms with Gasteiger partial charge in [-0.2, -0.15) is 0 Å². The van der Waals surface area contributed by atoms with E-state index in [1.807, 2.05) is 30.3 Å². The van der Waals surface area contributed by atoms with Crippen LogP contribution in [0.4, 0.5) is 0 Å². The molecule has 0 saturated carbocycles. The number of hydrogen-bond donors (Lipinski definition) is 3. The molecule has 0 aliphatic rings. The Bertz CT molecular complexity index is 1170. The van der Waals surface area contributed by atoms with Crippen molar-refractivity contribution in [2.75, 3.05) is 20.8 Å². The average Bonchev–Trinajstić information content (AvgIpc) is 2.92. The SMILES string of the molecule is CC(N)=O.COc1cc(OCc2cccc(-c3ccccc3)c2C)cc(OC)c1CNCCCCCC(=O)O. The second kappa shape index (κ2) is 16.7. The van der Waals surface area contributed by atoms with Gasteiger partial charge in [-0.25, -0.2) is 0 Å². The molecule has 0 spiro atoms. The molecule has 3 aromatic carbocycles. The summed E-state index contributed by atoms with van der Waals surface area (Å²) in [6.07, 6.45) is 2.72. The Morgan fingerprint density at radius 2 is 1.56 bits per heavy atom. The van der Waals surface area contributed by atoms with Gasteiger partial charge in [0.2, 0.25) is 5.91 Å². The zero-order valence-corrected chi connectivity index (χ0v) is 23.3. The first kappa shape index (κ1) is 31.2. The lowest BCUT2D eigenvalue weighted by Gasteiger charge is -2.17. The number of ether oxygens (including phenoxy) is 3. The summed E-state index contributed by atoms with van der Waals surface area (Å²) < 4.78 is 17.4. The van der Waals surface area contributed by atoms with Crippen LogP contribution in [0.2, 0.25) is 0 Å². The molecule has 39 heavy (non-hydrogen) atoms. The Hall–Kier alpha value is -4.04. The van der Waals surface area contributed by atoms with E-state index in [0.717, 1.165) is 30.5 Å². The molecule has 0 fully saturated rings. The summed E-state index contributed by atoms with van der Waals surface area (Å²) >= 11 is 0. The zero-order valence-electron chi connectivity index (χ0n) is 23.3. The Morgan fingerprint density at radius 1 is 0.923 bits per heavy atom. The summed E-state index contributed by atoms with van der Waals surface area (Å²) in [7, 11) is 3.28. The molecule has 0 aliphatic heterocycles. The van der Waals surface area contributed by atoms with Crippen molar-refractivity contribution in [1.29, 1.82) is 0 Å². The Balaban J connectivity index is 0.00000124. The maximum absolute atomic E-state index is 10.6. The van der Waals surface area contributed by atoms with Crippen LogP contribution in [0.25, 0.3) is 11.1 Å². The number of primary amides is 1. The van der Waals surface area contributed by atoms with E-state index in [-0.39, 0.29) is 12.3 Å². The number of nitrogens with one attached hydrogen (secondary N) is 1. The predicted molar refractivity (Wildman–Crippen MR) is 153 cm³/mol. The highest BCUT2D eigenvalue weighted by molar-refractivity contribution is 5.70. The number of hydrogen-bond acceptors (Lipinski definition) is 6. The number of methoxy groups -OCH3 is 2. The number of aliphatic carboxylic acids is 1. The van der Waals surface area contributed by atoms with E-state index in [1.165, 1.54) is 23.6 Å². The Morgan fingerprint density at radius 3 is 2.15 bits per heavy atom. The van der Waals surface area contributed by atoms with Crippen molar-refractivity contribution < 1.29 is 28.9 Å². The smallest absolute Gasteiger partial charge is 0.303 e. The number of carbonyl (C=O) groups excluding carboxylic acids is 1. The van der Waals surface area contributed by atoms with Crippen LogP contribution in [0, 0.1) is 6.92 Å². The van der Waals surface area contributed by atoms with Crippen molar-refractivity contribution >= 4 is 11.9 Å². The molecular formula is C31H40N2O6. The number of amides is 1. The summed E-state index contributed by atoms with van der Waals surface area (Å²) in [5.74, 6) is 1.01. The largest absolute Gasteiger partial charge is 0.496 e. The highest BCUT2D eigenvalue weighted by Crippen LogP contribution is 2.35. The van der Waals surface area contributed by atoms with Crippen molar-refractivity contribution in [3.8, 4) is 28.4 Å². The molecular weight excluding hydrogens is 496 g/mol. The summed E-state index contributed by atoms with van der Waals surface area (Å²) in [4.78, 5) is 19.8. The topological polar surface area (TPSA) is 120 Å². The first-order valence-electron chi connectivity index (χ1n) is 13.0. The van der Waals surface area contributed by atoms with E-state index in [2.05, 4.69) is 48.3 Å². The second-order valence-electron chi connectivity index (χ2n) is 9.04. The number of carboxylic acids is 1. The minimum absolute atomic E-state index is 0.221. The van der Waals surface area contributed by atoms with Crippen molar-refractivity contribution in [3.05, 3.63) is 77.4 Å². The molecule has 0 radical (unpaired) electrons. The van der Waals surface area contributed by atoms with Gasteiger partial charge >= 0.3 is 5.97 Å². The van der Waals surface area contributed by atoms with Crippen molar-refractivity contribution in [2.24, 2.45) is 5.73 Å². The number of nitrogens with two attached hydrogens (primary N) is 1. The van der Waals surface area contributed by atoms with Crippen LogP contribution < -0.4 is 25.3 Å². The lowest BCUT2D eigenvalue weighted by atomic mass is 9.97. The second-order valence-corrected chi connectivity index (χ2v) is 9.04. The molecule has 1 amide bonds. The number of carbonyl (C=O) groups is 2. The Kier molecular flexibility index (Phi) is 13.4. The minimum atomic E-state index is -0.742. The molecule has 0 aromatic heterocycles. The molecule has 8 nitrogen and oxygen atoms in total. The van der Waals surface area contributed by atoms with Crippen LogP contribution in [0.1, 0.15) is 49.3 Å². The third-order valence-electron chi connectivity index (χ3n) is 6.05. The van der Waals surface area contributed by atoms with Crippen LogP contribution in [0.3, 0.4) is 0 Å². The fourth-order valence-electron chi connectivity index (χ4n) is 4.07. The van der Waals surface area contributed by atoms with Gasteiger partial charge in [0.15, 0.2) is 0 Å². The molecule has 0 heterocycles. The van der Waals surface area contributed by atoms with Gasteiger partial charge in [0.05, 0.1) is 19.8 Å². The summed E-state index contributed by atoms with van der Waals surface area (Å²) in [5, 5.41) is 12.1. The van der Waals surface area contributed by atoms with E-state index in [9.17, 15) is 9.59 Å². The van der Waals surface area contributed by atoms with Gasteiger partial charge in [-0.15, -0.1) is 0 Å². The molecule has 0 aliphatic carbocycles. The molecule has 3 aromatic rings. The van der Waals surface area contributed by atoms with Crippen LogP contribution >= 0.6 is 0 Å². The van der Waals surface area contributed by atoms with E-state index in [0.29, 0.717) is 36.8 Å². The van der Waals surface area contributed by atoms with Gasteiger partial charge < -0.3 is 30.4 Å². The highest BCUT2D eigenvalue weighted by atomic mass is 16.5. The Labute approximate surface area is 231 Å². The summed E-state index contributed by atoms with van der Waals surface area (Å²) in [6, 6.07) is 20.4. The van der Waals surface area contributed by atoms with Gasteiger partial charge in [0, 0.05) is 32.0 Å². The fraction of sp³-hybridized carbons (Fsp3) is 0.355. The number of benzene rings is 3. The maximum atomic E-state index is 10.6. The van der Waals surface area contributed by atoms with Crippen LogP contribution in [-0.2, 0) is 22.7 Å². The molecule has 4 N–H and O–H groups in total. The van der Waals surface area contributed by atoms with Crippen LogP contribution in [0.15, 0.2) is 60.7 Å². The van der Waals surface area contributed by atoms with Crippen LogP contribution in [-0.4, -0.2) is 37.7 Å². The van der Waals surface area contributed by atoms with Gasteiger partial charge in [-0.1, -0.05) is 55.0 Å². The van der Waals surface area contributed by atoms with Gasteiger partial charge in [-0.3, -0.25) is 9.59 Å². The van der Waals surface area contributed by atoms with Gasteiger partial charge in [0.25, 0.3) is 0 Å². The molecule has 3 rings (SSSR count). The molecule has 8 heteroatoms. The quantitative estimate of drug-likeness (QED) is 0.233. The zero-order chi connectivity index (χ0) is 28.6. The van der Waals surface area contributed by atoms with E-state index >= 15 is 0 Å². The standard InChI is InChI=1S/C29H35NO5.C2H5NO/c1-21-23(13-10-14-25(21)22-11-6-4-7-12-22)20-35-24-17-27(33-2)26(28(18-24)34-3)19-30-16-9-5-8-15-29(31)32;1-2(3)4/h4,6-7,10-14,17-18,30H,5,8-9,15-16,19-20H2,1-3H3,(H,31,32);1H3,(H2,3,4). The number of carboxylic acid groups (broad SMARTS) is 1. The third-order valence-corrected chi connectivity index (χ3v) is 6.05. The van der Waals surface area contributed by atoms with E-state index < -0.39 is 5.97 Å². The summed E-state index contributed by atoms with van der Waals surface area (Å²) in [5.41, 5.74) is 10.1. The molecule has 0 saturated heterocycles. The average molecular weight is 537 g/mol. The monoisotopic (exact) mass is 536 g/mol. The van der Waals surface area contributed by atoms with E-state index in [4.69, 9.17) is 19.3 Å². The van der Waals surface area contributed by atoms with Crippen LogP contribution in [0.5, 0.6) is 17.2 Å². The molecule has 0 atom stereocenters. The van der Waals surface area contributed by atoms with Gasteiger partial charge in [0.1, 0.15) is 23.9 Å². The molecule has 0 unspecified atom stereocenters. The third kappa shape index (κ3) is 10.7. The first-order chi connectivity index (χ1) is 18.8. The molecule has 0 bridgehead atoms. The fourth-order valence-corrected chi connectivity index (χ4v) is 4.07. The number of unbranched alkanes of at least 4 members (excludes halogenated alkanes) is 2. The van der Waals surface area contributed by atoms with E-state index in [1.54, 1.807) is 14.2 Å². The molecule has 210 valence electrons. The highest BCUT2D eigenvalue weighted by Gasteiger charge is 2.14. The van der Waals surface area contributed by atoms with Crippen molar-refractivity contribution in [2.45, 2.75) is 52.7 Å². The summed E-state index contributed by atoms with van der Waals surface area (Å²) in [6.45, 7) is 5.25. The lowest BCUT2D eigenvalue weighted by Crippen LogP contribution is -2.16. The lowest BCUT2D eigenvalue weighted by molar-refractivity contribution is -0.137. The number of rotatable bonds is 14. The van der Waals surface area contributed by atoms with Gasteiger partial charge in [-0.05, 0) is 48.6 Å². The first-order valence-corrected chi connectivity index (χ1v) is 13.0. The maximum Gasteiger partial charge on any atom is 0.303 e.